The van der Waals surface area contributed by atoms with Crippen LogP contribution in [0.1, 0.15) is 239 Å². The first-order valence-electron chi connectivity index (χ1n) is 43.5. The lowest BCUT2D eigenvalue weighted by Crippen LogP contribution is -2.44. The second kappa shape index (κ2) is 28.2. The van der Waals surface area contributed by atoms with E-state index in [-0.39, 0.29) is 43.3 Å². The molecular weight excluding hydrogens is 1440 g/mol. The van der Waals surface area contributed by atoms with Crippen molar-refractivity contribution >= 4 is 89.8 Å². The van der Waals surface area contributed by atoms with Crippen LogP contribution in [0.15, 0.2) is 291 Å². The van der Waals surface area contributed by atoms with Crippen LogP contribution in [-0.4, -0.2) is 0 Å². The van der Waals surface area contributed by atoms with Crippen LogP contribution in [-0.2, 0) is 54.1 Å². The van der Waals surface area contributed by atoms with Gasteiger partial charge in [-0.1, -0.05) is 324 Å². The third-order valence-electron chi connectivity index (χ3n) is 27.4. The van der Waals surface area contributed by atoms with Gasteiger partial charge in [0, 0.05) is 78.5 Å². The Morgan fingerprint density at radius 3 is 0.908 bits per heavy atom. The molecule has 602 valence electrons. The lowest BCUT2D eigenvalue weighted by Gasteiger charge is -2.46. The van der Waals surface area contributed by atoms with Gasteiger partial charge in [-0.25, -0.2) is 0 Å². The molecule has 0 radical (unpaired) electrons. The second-order valence-electron chi connectivity index (χ2n) is 42.6. The Bertz CT molecular complexity index is 6100. The number of nitrogens with zero attached hydrogens (tertiary/aromatic N) is 4. The molecule has 14 aromatic rings. The zero-order valence-corrected chi connectivity index (χ0v) is 75.2. The number of hydrogen-bond acceptors (Lipinski definition) is 4. The minimum absolute atomic E-state index is 0.0468. The smallest absolute Gasteiger partial charge is 0.0543 e. The van der Waals surface area contributed by atoms with Crippen LogP contribution in [0.2, 0.25) is 0 Å². The highest BCUT2D eigenvalue weighted by atomic mass is 15.2. The number of fused-ring (bicyclic) bond motifs is 10. The summed E-state index contributed by atoms with van der Waals surface area (Å²) in [5.41, 5.74) is 31.2. The summed E-state index contributed by atoms with van der Waals surface area (Å²) in [7, 11) is 0. The highest BCUT2D eigenvalue weighted by molar-refractivity contribution is 6.14. The zero-order valence-electron chi connectivity index (χ0n) is 75.2. The predicted molar refractivity (Wildman–Crippen MR) is 513 cm³/mol. The Labute approximate surface area is 711 Å². The molecule has 19 rings (SSSR count). The van der Waals surface area contributed by atoms with Crippen molar-refractivity contribution in [2.45, 2.75) is 227 Å². The second-order valence-corrected chi connectivity index (χ2v) is 42.6. The van der Waals surface area contributed by atoms with E-state index in [1.54, 1.807) is 0 Å². The molecule has 0 N–H and O–H groups in total. The largest absolute Gasteiger partial charge is 0.310 e. The van der Waals surface area contributed by atoms with Crippen LogP contribution in [0.3, 0.4) is 0 Å². The van der Waals surface area contributed by atoms with Gasteiger partial charge in [-0.05, 0) is 283 Å². The lowest BCUT2D eigenvalue weighted by molar-refractivity contribution is 0.349. The Hall–Kier alpha value is -11.2. The van der Waals surface area contributed by atoms with Crippen LogP contribution in [0.5, 0.6) is 0 Å². The van der Waals surface area contributed by atoms with Crippen molar-refractivity contribution in [3.63, 3.8) is 0 Å². The monoisotopic (exact) mass is 1560 g/mol. The first kappa shape index (κ1) is 80.2. The summed E-state index contributed by atoms with van der Waals surface area (Å²) in [5, 5.41) is 4.80. The molecule has 0 saturated carbocycles. The van der Waals surface area contributed by atoms with Crippen LogP contribution in [0, 0.1) is 0 Å². The fourth-order valence-electron chi connectivity index (χ4n) is 20.3. The van der Waals surface area contributed by atoms with Gasteiger partial charge in [0.15, 0.2) is 0 Å². The number of hydrogen-bond donors (Lipinski definition) is 0. The first-order valence-corrected chi connectivity index (χ1v) is 43.5. The van der Waals surface area contributed by atoms with E-state index in [1.807, 2.05) is 0 Å². The van der Waals surface area contributed by atoms with Crippen molar-refractivity contribution in [3.8, 4) is 22.3 Å². The summed E-state index contributed by atoms with van der Waals surface area (Å²) in [6.07, 6.45) is 0.931. The van der Waals surface area contributed by atoms with Gasteiger partial charge in [-0.15, -0.1) is 0 Å². The average molecular weight is 1560 g/mol. The normalized spacial score (nSPS) is 17.0. The van der Waals surface area contributed by atoms with E-state index >= 15 is 0 Å². The van der Waals surface area contributed by atoms with Crippen molar-refractivity contribution in [1.29, 1.82) is 0 Å². The number of benzene rings is 14. The third-order valence-corrected chi connectivity index (χ3v) is 27.4. The quantitative estimate of drug-likeness (QED) is 0.150. The molecule has 5 aliphatic rings. The Morgan fingerprint density at radius 1 is 0.244 bits per heavy atom. The topological polar surface area (TPSA) is 13.0 Å². The molecule has 0 aromatic heterocycles. The molecule has 8 bridgehead atoms. The van der Waals surface area contributed by atoms with Gasteiger partial charge < -0.3 is 19.6 Å². The van der Waals surface area contributed by atoms with E-state index in [0.717, 1.165) is 74.7 Å². The van der Waals surface area contributed by atoms with E-state index in [1.165, 1.54) is 111 Å². The maximum absolute atomic E-state index is 2.67. The van der Waals surface area contributed by atoms with Crippen molar-refractivity contribution in [1.82, 2.24) is 0 Å². The Kier molecular flexibility index (Phi) is 19.0. The zero-order chi connectivity index (χ0) is 84.4. The molecule has 0 saturated heterocycles. The average Bonchev–Trinajstić information content (AvgIpc) is 1.49. The molecule has 4 nitrogen and oxygen atoms in total. The van der Waals surface area contributed by atoms with Crippen LogP contribution in [0.25, 0.3) is 43.8 Å². The molecule has 2 unspecified atom stereocenters. The highest BCUT2D eigenvalue weighted by Crippen LogP contribution is 2.69. The maximum Gasteiger partial charge on any atom is 0.0543 e. The van der Waals surface area contributed by atoms with Crippen molar-refractivity contribution in [2.75, 3.05) is 19.6 Å². The van der Waals surface area contributed by atoms with Crippen LogP contribution in [0.4, 0.5) is 68.2 Å². The van der Waals surface area contributed by atoms with Gasteiger partial charge in [0.2, 0.25) is 0 Å². The standard InChI is InChI=1S/C115H122N4/c1-106(2,3)74-33-49-82(50-34-74)116(83-51-35-75(36-52-83)107(4,5)6)90-65-67-96-98(69-90)114(23)101-72-103(93-30-26-28-32-95(93)105(96)101)119(88-59-43-79(44-60-88)111(16,17)18)89-63-47-81(48-64-89)113(21,22)73-112(19,20)80-45-61-85(62-46-80)117(84-53-37-76(38-54-84)108(7,8)9)91-66-68-97-99(70-91)115(114,24)100-71-102(92-29-25-27-31-94(92)104(97)100)118(86-55-39-77(40-56-86)109(10,11)12)87-57-41-78(42-58-87)110(13,14)15/h25-72H,73H2,1-24H3. The molecule has 0 spiro atoms. The van der Waals surface area contributed by atoms with Crippen LogP contribution >= 0.6 is 0 Å². The van der Waals surface area contributed by atoms with E-state index in [4.69, 9.17) is 0 Å². The summed E-state index contributed by atoms with van der Waals surface area (Å²) in [6, 6.07) is 115. The number of anilines is 12. The van der Waals surface area contributed by atoms with Gasteiger partial charge in [0.25, 0.3) is 0 Å². The van der Waals surface area contributed by atoms with Crippen molar-refractivity contribution in [2.24, 2.45) is 0 Å². The van der Waals surface area contributed by atoms with Gasteiger partial charge >= 0.3 is 0 Å². The van der Waals surface area contributed by atoms with E-state index < -0.39 is 10.8 Å². The SMILES string of the molecule is CC(C)(C)c1ccc(N2c3ccc(cc3)C(C)(C)CC(C)(C)c3ccc(cc3)N(c3ccc(C(C)(C)C)cc3)c3cc4c(c5ccccc35)-c3ccc(N(c5ccc(C(C)(C)C)cc5)c5ccc(C(C)(C)C)cc5)cc3C4(C)C3(C)c4cc2ccc4-c2c3cc(N(c3ccc(C(C)(C)C)cc3)c3ccc(C(C)(C)C)cc3)c3ccccc23)cc1. The lowest BCUT2D eigenvalue weighted by atomic mass is 9.56. The van der Waals surface area contributed by atoms with E-state index in [9.17, 15) is 0 Å². The van der Waals surface area contributed by atoms with Gasteiger partial charge in [-0.3, -0.25) is 0 Å². The minimum Gasteiger partial charge on any atom is -0.310 e. The molecule has 0 fully saturated rings. The van der Waals surface area contributed by atoms with Gasteiger partial charge in [0.05, 0.1) is 11.4 Å². The summed E-state index contributed by atoms with van der Waals surface area (Å²) in [6.45, 7) is 56.9. The molecule has 2 aliphatic carbocycles. The molecule has 0 amide bonds. The molecule has 14 aromatic carbocycles. The Balaban J connectivity index is 1.04. The Morgan fingerprint density at radius 2 is 0.529 bits per heavy atom. The predicted octanol–water partition coefficient (Wildman–Crippen LogP) is 32.9. The molecule has 2 atom stereocenters. The molecule has 119 heavy (non-hydrogen) atoms. The highest BCUT2D eigenvalue weighted by Gasteiger charge is 2.59. The summed E-state index contributed by atoms with van der Waals surface area (Å²) in [5.74, 6) is 0. The molecule has 3 heterocycles. The molecule has 3 aliphatic heterocycles. The fourth-order valence-corrected chi connectivity index (χ4v) is 20.3. The summed E-state index contributed by atoms with van der Waals surface area (Å²) in [4.78, 5) is 10.3. The number of rotatable bonds is 8. The summed E-state index contributed by atoms with van der Waals surface area (Å²) < 4.78 is 0. The molecule has 4 heteroatoms. The summed E-state index contributed by atoms with van der Waals surface area (Å²) >= 11 is 0. The van der Waals surface area contributed by atoms with Gasteiger partial charge in [-0.2, -0.15) is 0 Å². The van der Waals surface area contributed by atoms with Crippen molar-refractivity contribution in [3.05, 3.63) is 358 Å². The van der Waals surface area contributed by atoms with Gasteiger partial charge in [0.1, 0.15) is 0 Å². The maximum atomic E-state index is 2.67. The van der Waals surface area contributed by atoms with E-state index in [0.29, 0.717) is 0 Å². The van der Waals surface area contributed by atoms with Crippen LogP contribution < -0.4 is 19.6 Å². The van der Waals surface area contributed by atoms with E-state index in [2.05, 4.69) is 477 Å². The minimum atomic E-state index is -0.892. The first-order chi connectivity index (χ1) is 56.0. The van der Waals surface area contributed by atoms with Crippen molar-refractivity contribution < 1.29 is 0 Å². The molecular formula is C115H122N4. The third kappa shape index (κ3) is 13.8. The fraction of sp³-hybridized carbons (Fsp3) is 0.304.